The Balaban J connectivity index is 0.981. The van der Waals surface area contributed by atoms with Gasteiger partial charge in [-0.1, -0.05) is 201 Å². The highest BCUT2D eigenvalue weighted by Gasteiger charge is 2.38. The van der Waals surface area contributed by atoms with Gasteiger partial charge in [0.05, 0.1) is 11.7 Å². The molecule has 3 aliphatic rings. The lowest BCUT2D eigenvalue weighted by molar-refractivity contribution is 0.697. The Morgan fingerprint density at radius 2 is 1.06 bits per heavy atom. The molecule has 2 heteroatoms. The van der Waals surface area contributed by atoms with Gasteiger partial charge < -0.3 is 9.80 Å². The number of hydrogen-bond donors (Lipinski definition) is 0. The molecule has 2 aliphatic carbocycles. The van der Waals surface area contributed by atoms with E-state index in [0.717, 1.165) is 23.5 Å². The number of fused-ring (bicyclic) bond motifs is 9. The molecule has 3 unspecified atom stereocenters. The molecule has 0 amide bonds. The molecule has 318 valence electrons. The topological polar surface area (TPSA) is 6.48 Å². The molecule has 0 saturated heterocycles. The van der Waals surface area contributed by atoms with Crippen LogP contribution < -0.4 is 9.80 Å². The fourth-order valence-corrected chi connectivity index (χ4v) is 11.3. The van der Waals surface area contributed by atoms with Crippen LogP contribution in [0.3, 0.4) is 0 Å². The zero-order valence-corrected chi connectivity index (χ0v) is 37.4. The normalized spacial score (nSPS) is 17.3. The summed E-state index contributed by atoms with van der Waals surface area (Å²) in [5.41, 5.74) is 14.7. The van der Waals surface area contributed by atoms with Crippen molar-refractivity contribution in [1.82, 2.24) is 0 Å². The maximum absolute atomic E-state index is 2.55. The van der Waals surface area contributed by atoms with Crippen molar-refractivity contribution in [2.24, 2.45) is 5.92 Å². The van der Waals surface area contributed by atoms with Crippen molar-refractivity contribution in [3.05, 3.63) is 254 Å². The number of anilines is 4. The van der Waals surface area contributed by atoms with Crippen LogP contribution in [0.5, 0.6) is 0 Å². The van der Waals surface area contributed by atoms with Crippen molar-refractivity contribution in [3.8, 4) is 33.4 Å². The second-order valence-corrected chi connectivity index (χ2v) is 18.4. The molecule has 1 heterocycles. The molecule has 0 bridgehead atoms. The summed E-state index contributed by atoms with van der Waals surface area (Å²) in [6, 6.07) is 74.7. The average Bonchev–Trinajstić information content (AvgIpc) is 3.73. The zero-order valence-electron chi connectivity index (χ0n) is 37.4. The van der Waals surface area contributed by atoms with Crippen LogP contribution >= 0.6 is 0 Å². The zero-order chi connectivity index (χ0) is 44.4. The molecule has 67 heavy (non-hydrogen) atoms. The minimum atomic E-state index is 0.277. The molecule has 1 aliphatic heterocycles. The Morgan fingerprint density at radius 1 is 0.448 bits per heavy atom. The van der Waals surface area contributed by atoms with E-state index in [9.17, 15) is 0 Å². The molecule has 3 atom stereocenters. The molecular formula is C65H48N2. The molecule has 2 nitrogen and oxygen atoms in total. The predicted octanol–water partition coefficient (Wildman–Crippen LogP) is 17.6. The first-order valence-corrected chi connectivity index (χ1v) is 23.7. The van der Waals surface area contributed by atoms with Gasteiger partial charge in [-0.2, -0.15) is 0 Å². The summed E-state index contributed by atoms with van der Waals surface area (Å²) in [4.78, 5) is 5.03. The van der Waals surface area contributed by atoms with E-state index in [1.165, 1.54) is 93.4 Å². The molecule has 10 aromatic rings. The van der Waals surface area contributed by atoms with Crippen molar-refractivity contribution in [1.29, 1.82) is 0 Å². The summed E-state index contributed by atoms with van der Waals surface area (Å²) in [6.07, 6.45) is 17.4. The third-order valence-corrected chi connectivity index (χ3v) is 14.5. The molecule has 0 radical (unpaired) electrons. The van der Waals surface area contributed by atoms with Gasteiger partial charge in [-0.3, -0.25) is 0 Å². The summed E-state index contributed by atoms with van der Waals surface area (Å²) < 4.78 is 0. The molecular weight excluding hydrogens is 809 g/mol. The van der Waals surface area contributed by atoms with Gasteiger partial charge in [-0.05, 0) is 138 Å². The van der Waals surface area contributed by atoms with Crippen LogP contribution in [-0.2, 0) is 0 Å². The smallest absolute Gasteiger partial charge is 0.0629 e. The second-order valence-electron chi connectivity index (χ2n) is 18.4. The number of benzene rings is 10. The summed E-state index contributed by atoms with van der Waals surface area (Å²) >= 11 is 0. The van der Waals surface area contributed by atoms with Crippen LogP contribution in [0, 0.1) is 5.92 Å². The van der Waals surface area contributed by atoms with Crippen LogP contribution in [-0.4, -0.2) is 6.04 Å². The van der Waals surface area contributed by atoms with Crippen LogP contribution in [0.1, 0.15) is 24.8 Å². The highest BCUT2D eigenvalue weighted by Crippen LogP contribution is 2.50. The first kappa shape index (κ1) is 39.2. The fraction of sp³-hybridized carbons (Fsp3) is 0.0769. The van der Waals surface area contributed by atoms with Gasteiger partial charge in [-0.15, -0.1) is 0 Å². The van der Waals surface area contributed by atoms with E-state index >= 15 is 0 Å². The molecule has 0 N–H and O–H groups in total. The van der Waals surface area contributed by atoms with Gasteiger partial charge in [0.1, 0.15) is 0 Å². The monoisotopic (exact) mass is 856 g/mol. The van der Waals surface area contributed by atoms with E-state index < -0.39 is 0 Å². The summed E-state index contributed by atoms with van der Waals surface area (Å²) in [6.45, 7) is 2.29. The third-order valence-electron chi connectivity index (χ3n) is 14.5. The average molecular weight is 857 g/mol. The molecule has 0 saturated carbocycles. The minimum Gasteiger partial charge on any atom is -0.334 e. The van der Waals surface area contributed by atoms with E-state index in [1.54, 1.807) is 0 Å². The SMILES string of the molecule is CC1C=CC(N2c3ccc(-c4ccc(N(c5cccc(-c6c(-c7ccccc7)c7ccccc7c7ccccc67)c5)c5cc6ccccc6c6ccccc56)cc4)cc3C3C=CC=CC32)=CC1. The Morgan fingerprint density at radius 3 is 1.79 bits per heavy atom. The maximum Gasteiger partial charge on any atom is 0.0629 e. The van der Waals surface area contributed by atoms with Gasteiger partial charge in [0.2, 0.25) is 0 Å². The van der Waals surface area contributed by atoms with Gasteiger partial charge >= 0.3 is 0 Å². The maximum atomic E-state index is 2.55. The minimum absolute atomic E-state index is 0.277. The lowest BCUT2D eigenvalue weighted by atomic mass is 9.85. The fourth-order valence-electron chi connectivity index (χ4n) is 11.3. The van der Waals surface area contributed by atoms with Gasteiger partial charge in [-0.25, -0.2) is 0 Å². The Bertz CT molecular complexity index is 3700. The van der Waals surface area contributed by atoms with E-state index in [1.807, 2.05) is 0 Å². The molecule has 13 rings (SSSR count). The summed E-state index contributed by atoms with van der Waals surface area (Å²) in [7, 11) is 0. The number of allylic oxidation sites excluding steroid dienone is 5. The largest absolute Gasteiger partial charge is 0.334 e. The van der Waals surface area contributed by atoms with Crippen LogP contribution in [0.4, 0.5) is 22.7 Å². The number of rotatable bonds is 7. The Kier molecular flexibility index (Phi) is 9.39. The lowest BCUT2D eigenvalue weighted by Gasteiger charge is -2.31. The van der Waals surface area contributed by atoms with E-state index in [-0.39, 0.29) is 6.04 Å². The van der Waals surface area contributed by atoms with Crippen LogP contribution in [0.15, 0.2) is 248 Å². The van der Waals surface area contributed by atoms with Gasteiger partial charge in [0.25, 0.3) is 0 Å². The molecule has 0 fully saturated rings. The van der Waals surface area contributed by atoms with Gasteiger partial charge in [0, 0.05) is 34.1 Å². The van der Waals surface area contributed by atoms with Crippen molar-refractivity contribution in [2.45, 2.75) is 25.3 Å². The van der Waals surface area contributed by atoms with Crippen LogP contribution in [0.25, 0.3) is 76.5 Å². The molecule has 10 aromatic carbocycles. The Labute approximate surface area is 392 Å². The van der Waals surface area contributed by atoms with E-state index in [2.05, 4.69) is 259 Å². The highest BCUT2D eigenvalue weighted by molar-refractivity contribution is 6.22. The van der Waals surface area contributed by atoms with Gasteiger partial charge in [0.15, 0.2) is 0 Å². The predicted molar refractivity (Wildman–Crippen MR) is 286 cm³/mol. The van der Waals surface area contributed by atoms with Crippen molar-refractivity contribution < 1.29 is 0 Å². The molecule has 0 aromatic heterocycles. The summed E-state index contributed by atoms with van der Waals surface area (Å²) in [5.74, 6) is 0.880. The van der Waals surface area contributed by atoms with Crippen LogP contribution in [0.2, 0.25) is 0 Å². The number of hydrogen-bond acceptors (Lipinski definition) is 2. The Hall–Kier alpha value is -8.20. The van der Waals surface area contributed by atoms with Crippen molar-refractivity contribution in [3.63, 3.8) is 0 Å². The van der Waals surface area contributed by atoms with Crippen molar-refractivity contribution in [2.75, 3.05) is 9.80 Å². The first-order chi connectivity index (χ1) is 33.2. The molecule has 0 spiro atoms. The van der Waals surface area contributed by atoms with E-state index in [0.29, 0.717) is 11.8 Å². The standard InChI is InChI=1S/C65H48N2/c1-43-30-35-50(36-31-43)67-61-29-14-13-26-57(61)60-41-46(34-39-62(60)67)44-32-37-49(38-33-44)66(63-42-47-18-5-6-21-52(47)53-22-7-10-25-56(53)63)51-20-15-19-48(40-51)65-59-28-12-9-24-55(59)54-23-8-11-27-58(54)64(65)45-16-3-2-4-17-45/h2-30,32-43,57,61H,31H2,1H3. The number of nitrogens with zero attached hydrogens (tertiary/aromatic N) is 2. The first-order valence-electron chi connectivity index (χ1n) is 23.7. The summed E-state index contributed by atoms with van der Waals surface area (Å²) in [5, 5.41) is 9.95. The quantitative estimate of drug-likeness (QED) is 0.147. The second kappa shape index (κ2) is 16.0. The highest BCUT2D eigenvalue weighted by atomic mass is 15.2. The lowest BCUT2D eigenvalue weighted by Crippen LogP contribution is -2.32. The third kappa shape index (κ3) is 6.55. The van der Waals surface area contributed by atoms with E-state index in [4.69, 9.17) is 0 Å². The van der Waals surface area contributed by atoms with Crippen molar-refractivity contribution >= 4 is 65.8 Å².